The Morgan fingerprint density at radius 3 is 2.59 bits per heavy atom. The van der Waals surface area contributed by atoms with E-state index in [0.717, 1.165) is 16.3 Å². The van der Waals surface area contributed by atoms with Gasteiger partial charge in [0.1, 0.15) is 12.4 Å². The van der Waals surface area contributed by atoms with Crippen molar-refractivity contribution in [3.63, 3.8) is 0 Å². The summed E-state index contributed by atoms with van der Waals surface area (Å²) in [6.45, 7) is 1.67. The molecule has 2 aromatic carbocycles. The smallest absolute Gasteiger partial charge is 0.233 e. The summed E-state index contributed by atoms with van der Waals surface area (Å²) in [5, 5.41) is 4.93. The van der Waals surface area contributed by atoms with Gasteiger partial charge in [-0.05, 0) is 48.2 Å². The number of benzene rings is 2. The number of hydrogen-bond donors (Lipinski definition) is 2. The van der Waals surface area contributed by atoms with Gasteiger partial charge in [0.25, 0.3) is 0 Å². The maximum absolute atomic E-state index is 12.7. The zero-order valence-electron chi connectivity index (χ0n) is 15.0. The number of hydrogen-bond acceptors (Lipinski definition) is 5. The highest BCUT2D eigenvalue weighted by molar-refractivity contribution is 5.98. The van der Waals surface area contributed by atoms with E-state index in [1.807, 2.05) is 24.3 Å². The second-order valence-electron chi connectivity index (χ2n) is 6.27. The van der Waals surface area contributed by atoms with Gasteiger partial charge in [0.05, 0.1) is 5.92 Å². The third-order valence-corrected chi connectivity index (χ3v) is 4.18. The van der Waals surface area contributed by atoms with Gasteiger partial charge in [-0.25, -0.2) is 0 Å². The molecule has 3 N–H and O–H groups in total. The van der Waals surface area contributed by atoms with Crippen LogP contribution >= 0.6 is 0 Å². The van der Waals surface area contributed by atoms with Crippen molar-refractivity contribution in [3.8, 4) is 5.75 Å². The Morgan fingerprint density at radius 1 is 1.11 bits per heavy atom. The number of ether oxygens (including phenoxy) is 1. The number of fused-ring (bicyclic) bond motifs is 1. The number of rotatable bonds is 7. The molecule has 6 heteroatoms. The summed E-state index contributed by atoms with van der Waals surface area (Å²) in [5.74, 6) is -0.138. The van der Waals surface area contributed by atoms with Crippen LogP contribution in [0.4, 0.5) is 5.69 Å². The predicted molar refractivity (Wildman–Crippen MR) is 105 cm³/mol. The highest BCUT2D eigenvalue weighted by atomic mass is 16.5. The summed E-state index contributed by atoms with van der Waals surface area (Å²) in [4.78, 5) is 27.8. The molecule has 0 aliphatic heterocycles. The van der Waals surface area contributed by atoms with Gasteiger partial charge in [-0.1, -0.05) is 18.2 Å². The quantitative estimate of drug-likeness (QED) is 0.673. The minimum atomic E-state index is -0.486. The molecule has 0 saturated heterocycles. The number of pyridine rings is 1. The molecule has 0 aliphatic carbocycles. The second kappa shape index (κ2) is 8.42. The Morgan fingerprint density at radius 2 is 1.89 bits per heavy atom. The zero-order chi connectivity index (χ0) is 19.2. The van der Waals surface area contributed by atoms with Gasteiger partial charge in [-0.2, -0.15) is 0 Å². The highest BCUT2D eigenvalue weighted by Gasteiger charge is 2.19. The maximum Gasteiger partial charge on any atom is 0.233 e. The molecule has 1 amide bonds. The third kappa shape index (κ3) is 4.68. The second-order valence-corrected chi connectivity index (χ2v) is 6.27. The molecule has 0 bridgehead atoms. The number of aromatic nitrogens is 1. The van der Waals surface area contributed by atoms with Crippen LogP contribution in [0, 0.1) is 0 Å². The summed E-state index contributed by atoms with van der Waals surface area (Å²) in [6.07, 6.45) is 3.49. The molecule has 27 heavy (non-hydrogen) atoms. The number of anilines is 1. The van der Waals surface area contributed by atoms with Crippen molar-refractivity contribution >= 4 is 28.2 Å². The van der Waals surface area contributed by atoms with Crippen LogP contribution in [0.25, 0.3) is 10.8 Å². The first-order valence-corrected chi connectivity index (χ1v) is 8.63. The first-order chi connectivity index (χ1) is 13.1. The van der Waals surface area contributed by atoms with Gasteiger partial charge < -0.3 is 15.8 Å². The molecule has 138 valence electrons. The summed E-state index contributed by atoms with van der Waals surface area (Å²) in [6, 6.07) is 14.6. The van der Waals surface area contributed by atoms with E-state index in [2.05, 4.69) is 10.3 Å². The van der Waals surface area contributed by atoms with Crippen LogP contribution < -0.4 is 15.8 Å². The average molecular weight is 363 g/mol. The fraction of sp³-hybridized carbons (Fsp3) is 0.190. The Kier molecular flexibility index (Phi) is 5.78. The molecule has 0 radical (unpaired) electrons. The van der Waals surface area contributed by atoms with Crippen molar-refractivity contribution in [2.24, 2.45) is 5.73 Å². The molecule has 0 fully saturated rings. The SMILES string of the molecule is CC(=O)COc1ccc(C(CN)C(=O)Nc2ccc3cnccc3c2)cc1. The number of nitrogens with two attached hydrogens (primary N) is 1. The number of Topliss-reactive ketones (excluding diaryl/α,β-unsaturated/α-hetero) is 1. The lowest BCUT2D eigenvalue weighted by Gasteiger charge is -2.16. The maximum atomic E-state index is 12.7. The standard InChI is InChI=1S/C21H21N3O3/c1-14(25)13-27-19-6-3-15(4-7-19)20(11-22)21(26)24-18-5-2-17-12-23-9-8-16(17)10-18/h2-10,12,20H,11,13,22H2,1H3,(H,24,26). The number of carbonyl (C=O) groups is 2. The summed E-state index contributed by atoms with van der Waals surface area (Å²) < 4.78 is 5.35. The Balaban J connectivity index is 1.72. The Labute approximate surface area is 157 Å². The van der Waals surface area contributed by atoms with Crippen molar-refractivity contribution in [1.82, 2.24) is 4.98 Å². The van der Waals surface area contributed by atoms with Gasteiger partial charge >= 0.3 is 0 Å². The van der Waals surface area contributed by atoms with Gasteiger partial charge in [0.2, 0.25) is 5.91 Å². The summed E-state index contributed by atoms with van der Waals surface area (Å²) in [7, 11) is 0. The molecule has 0 spiro atoms. The molecule has 3 rings (SSSR count). The summed E-state index contributed by atoms with van der Waals surface area (Å²) in [5.41, 5.74) is 7.34. The van der Waals surface area contributed by atoms with Crippen molar-refractivity contribution in [3.05, 3.63) is 66.5 Å². The molecular weight excluding hydrogens is 342 g/mol. The zero-order valence-corrected chi connectivity index (χ0v) is 15.0. The van der Waals surface area contributed by atoms with Crippen LogP contribution in [-0.2, 0) is 9.59 Å². The van der Waals surface area contributed by atoms with E-state index in [9.17, 15) is 9.59 Å². The van der Waals surface area contributed by atoms with Crippen LogP contribution in [0.5, 0.6) is 5.75 Å². The first kappa shape index (κ1) is 18.5. The molecule has 0 aliphatic rings. The van der Waals surface area contributed by atoms with E-state index in [-0.39, 0.29) is 24.8 Å². The fourth-order valence-electron chi connectivity index (χ4n) is 2.77. The molecule has 1 atom stereocenters. The first-order valence-electron chi connectivity index (χ1n) is 8.63. The van der Waals surface area contributed by atoms with Gasteiger partial charge in [0.15, 0.2) is 5.78 Å². The molecule has 1 aromatic heterocycles. The number of nitrogens with zero attached hydrogens (tertiary/aromatic N) is 1. The normalized spacial score (nSPS) is 11.8. The number of amides is 1. The highest BCUT2D eigenvalue weighted by Crippen LogP contribution is 2.23. The van der Waals surface area contributed by atoms with Crippen LogP contribution in [0.2, 0.25) is 0 Å². The third-order valence-electron chi connectivity index (χ3n) is 4.18. The van der Waals surface area contributed by atoms with E-state index in [1.165, 1.54) is 6.92 Å². The number of nitrogens with one attached hydrogen (secondary N) is 1. The van der Waals surface area contributed by atoms with E-state index in [1.54, 1.807) is 36.7 Å². The lowest BCUT2D eigenvalue weighted by atomic mass is 9.98. The predicted octanol–water partition coefficient (Wildman–Crippen LogP) is 2.88. The molecule has 6 nitrogen and oxygen atoms in total. The minimum absolute atomic E-state index is 0.0254. The molecule has 1 heterocycles. The van der Waals surface area contributed by atoms with Gasteiger partial charge in [-0.15, -0.1) is 0 Å². The summed E-state index contributed by atoms with van der Waals surface area (Å²) >= 11 is 0. The van der Waals surface area contributed by atoms with E-state index in [0.29, 0.717) is 11.4 Å². The molecule has 1 unspecified atom stereocenters. The largest absolute Gasteiger partial charge is 0.486 e. The molecule has 0 saturated carbocycles. The number of ketones is 1. The Bertz CT molecular complexity index is 954. The van der Waals surface area contributed by atoms with Crippen LogP contribution in [0.15, 0.2) is 60.9 Å². The minimum Gasteiger partial charge on any atom is -0.486 e. The Hall–Kier alpha value is -3.25. The number of carbonyl (C=O) groups excluding carboxylic acids is 2. The van der Waals surface area contributed by atoms with Gasteiger partial charge in [0, 0.05) is 30.0 Å². The van der Waals surface area contributed by atoms with Crippen LogP contribution in [-0.4, -0.2) is 29.8 Å². The average Bonchev–Trinajstić information content (AvgIpc) is 2.68. The van der Waals surface area contributed by atoms with Crippen molar-refractivity contribution < 1.29 is 14.3 Å². The van der Waals surface area contributed by atoms with Crippen molar-refractivity contribution in [2.45, 2.75) is 12.8 Å². The van der Waals surface area contributed by atoms with Crippen LogP contribution in [0.1, 0.15) is 18.4 Å². The van der Waals surface area contributed by atoms with Crippen molar-refractivity contribution in [1.29, 1.82) is 0 Å². The molecular formula is C21H21N3O3. The fourth-order valence-corrected chi connectivity index (χ4v) is 2.77. The molecule has 3 aromatic rings. The van der Waals surface area contributed by atoms with Crippen molar-refractivity contribution in [2.75, 3.05) is 18.5 Å². The van der Waals surface area contributed by atoms with Crippen LogP contribution in [0.3, 0.4) is 0 Å². The lowest BCUT2D eigenvalue weighted by Crippen LogP contribution is -2.27. The van der Waals surface area contributed by atoms with Gasteiger partial charge in [-0.3, -0.25) is 14.6 Å². The topological polar surface area (TPSA) is 94.3 Å². The lowest BCUT2D eigenvalue weighted by molar-refractivity contribution is -0.119. The van der Waals surface area contributed by atoms with E-state index in [4.69, 9.17) is 10.5 Å². The van der Waals surface area contributed by atoms with E-state index >= 15 is 0 Å². The van der Waals surface area contributed by atoms with E-state index < -0.39 is 5.92 Å². The monoisotopic (exact) mass is 363 g/mol.